The van der Waals surface area contributed by atoms with Gasteiger partial charge in [-0.05, 0) is 6.42 Å². The Hall–Kier alpha value is -0.437. The van der Waals surface area contributed by atoms with Gasteiger partial charge in [-0.2, -0.15) is 0 Å². The second-order valence-electron chi connectivity index (χ2n) is 6.44. The molecular formula is C19H36O4Zn. The quantitative estimate of drug-likeness (QED) is 0.141. The van der Waals surface area contributed by atoms with E-state index in [2.05, 4.69) is 11.7 Å². The molecule has 0 radical (unpaired) electrons. The van der Waals surface area contributed by atoms with Crippen molar-refractivity contribution in [2.45, 2.75) is 110 Å². The van der Waals surface area contributed by atoms with E-state index in [1.807, 2.05) is 0 Å². The SMILES string of the molecule is CCCCCCCCCCCCCCCCCC(=O)OC(=O)O.[Zn]. The van der Waals surface area contributed by atoms with E-state index in [4.69, 9.17) is 5.11 Å². The van der Waals surface area contributed by atoms with Gasteiger partial charge in [-0.3, -0.25) is 4.79 Å². The van der Waals surface area contributed by atoms with Crippen LogP contribution in [0.25, 0.3) is 0 Å². The summed E-state index contributed by atoms with van der Waals surface area (Å²) < 4.78 is 4.05. The molecule has 0 saturated carbocycles. The van der Waals surface area contributed by atoms with Gasteiger partial charge < -0.3 is 9.84 Å². The third kappa shape index (κ3) is 21.6. The fraction of sp³-hybridized carbons (Fsp3) is 0.895. The maximum atomic E-state index is 11.0. The largest absolute Gasteiger partial charge is 0.513 e. The number of carbonyl (C=O) groups is 2. The number of hydrogen-bond acceptors (Lipinski definition) is 3. The van der Waals surface area contributed by atoms with Crippen LogP contribution in [0.1, 0.15) is 110 Å². The molecular weight excluding hydrogens is 358 g/mol. The van der Waals surface area contributed by atoms with E-state index in [0.717, 1.165) is 19.3 Å². The van der Waals surface area contributed by atoms with Crippen LogP contribution in [-0.4, -0.2) is 17.2 Å². The monoisotopic (exact) mass is 392 g/mol. The van der Waals surface area contributed by atoms with Gasteiger partial charge in [0.05, 0.1) is 0 Å². The van der Waals surface area contributed by atoms with Crippen LogP contribution in [0.5, 0.6) is 0 Å². The van der Waals surface area contributed by atoms with E-state index in [1.165, 1.54) is 77.0 Å². The Morgan fingerprint density at radius 3 is 1.33 bits per heavy atom. The van der Waals surface area contributed by atoms with Gasteiger partial charge in [-0.25, -0.2) is 4.79 Å². The molecule has 0 aliphatic rings. The number of carbonyl (C=O) groups excluding carboxylic acids is 1. The Kier molecular flexibility index (Phi) is 22.2. The predicted octanol–water partition coefficient (Wildman–Crippen LogP) is 6.47. The fourth-order valence-corrected chi connectivity index (χ4v) is 2.79. The first-order valence-electron chi connectivity index (χ1n) is 9.60. The van der Waals surface area contributed by atoms with Crippen LogP contribution < -0.4 is 0 Å². The average molecular weight is 394 g/mol. The molecule has 0 aromatic carbocycles. The molecule has 4 nitrogen and oxygen atoms in total. The zero-order valence-corrected chi connectivity index (χ0v) is 18.7. The van der Waals surface area contributed by atoms with Gasteiger partial charge in [-0.15, -0.1) is 0 Å². The third-order valence-corrected chi connectivity index (χ3v) is 4.19. The van der Waals surface area contributed by atoms with Crippen LogP contribution in [0.15, 0.2) is 0 Å². The summed E-state index contributed by atoms with van der Waals surface area (Å²) in [5, 5.41) is 8.27. The van der Waals surface area contributed by atoms with Crippen LogP contribution in [0.4, 0.5) is 4.79 Å². The van der Waals surface area contributed by atoms with Gasteiger partial charge in [0.2, 0.25) is 0 Å². The molecule has 0 aliphatic carbocycles. The molecule has 0 amide bonds. The van der Waals surface area contributed by atoms with Gasteiger partial charge in [-0.1, -0.05) is 96.8 Å². The van der Waals surface area contributed by atoms with Crippen molar-refractivity contribution in [1.29, 1.82) is 0 Å². The Morgan fingerprint density at radius 1 is 0.667 bits per heavy atom. The molecule has 0 atom stereocenters. The second-order valence-corrected chi connectivity index (χ2v) is 6.44. The Labute approximate surface area is 160 Å². The topological polar surface area (TPSA) is 63.6 Å². The first kappa shape index (κ1) is 25.8. The van der Waals surface area contributed by atoms with Crippen molar-refractivity contribution in [1.82, 2.24) is 0 Å². The zero-order chi connectivity index (χ0) is 17.2. The number of carboxylic acid groups (broad SMARTS) is 1. The number of ether oxygens (including phenoxy) is 1. The van der Waals surface area contributed by atoms with E-state index < -0.39 is 12.1 Å². The maximum Gasteiger partial charge on any atom is 0.513 e. The molecule has 0 heterocycles. The van der Waals surface area contributed by atoms with Crippen molar-refractivity contribution in [2.24, 2.45) is 0 Å². The molecule has 138 valence electrons. The Balaban J connectivity index is 0. The number of unbranched alkanes of at least 4 members (excludes halogenated alkanes) is 14. The van der Waals surface area contributed by atoms with Crippen LogP contribution in [0.3, 0.4) is 0 Å². The molecule has 0 unspecified atom stereocenters. The summed E-state index contributed by atoms with van der Waals surface area (Å²) >= 11 is 0. The van der Waals surface area contributed by atoms with Gasteiger partial charge >= 0.3 is 12.1 Å². The predicted molar refractivity (Wildman–Crippen MR) is 93.7 cm³/mol. The van der Waals surface area contributed by atoms with Crippen molar-refractivity contribution in [3.63, 3.8) is 0 Å². The minimum atomic E-state index is -1.50. The van der Waals surface area contributed by atoms with E-state index in [9.17, 15) is 9.59 Å². The van der Waals surface area contributed by atoms with E-state index in [1.54, 1.807) is 0 Å². The summed E-state index contributed by atoms with van der Waals surface area (Å²) in [7, 11) is 0. The van der Waals surface area contributed by atoms with Crippen molar-refractivity contribution in [2.75, 3.05) is 0 Å². The molecule has 24 heavy (non-hydrogen) atoms. The first-order chi connectivity index (χ1) is 11.2. The minimum absolute atomic E-state index is 0. The summed E-state index contributed by atoms with van der Waals surface area (Å²) in [6, 6.07) is 0. The van der Waals surface area contributed by atoms with Crippen LogP contribution >= 0.6 is 0 Å². The smallest absolute Gasteiger partial charge is 0.449 e. The Bertz CT molecular complexity index is 295. The van der Waals surface area contributed by atoms with E-state index >= 15 is 0 Å². The molecule has 0 aliphatic heterocycles. The second kappa shape index (κ2) is 20.6. The van der Waals surface area contributed by atoms with Gasteiger partial charge in [0.15, 0.2) is 0 Å². The van der Waals surface area contributed by atoms with Crippen molar-refractivity contribution in [3.8, 4) is 0 Å². The van der Waals surface area contributed by atoms with E-state index in [-0.39, 0.29) is 25.9 Å². The Morgan fingerprint density at radius 2 is 1.00 bits per heavy atom. The third-order valence-electron chi connectivity index (χ3n) is 4.19. The van der Waals surface area contributed by atoms with Crippen LogP contribution in [-0.2, 0) is 29.0 Å². The number of rotatable bonds is 16. The van der Waals surface area contributed by atoms with Crippen molar-refractivity contribution >= 4 is 12.1 Å². The van der Waals surface area contributed by atoms with Crippen LogP contribution in [0.2, 0.25) is 0 Å². The molecule has 0 saturated heterocycles. The van der Waals surface area contributed by atoms with Gasteiger partial charge in [0.25, 0.3) is 0 Å². The molecule has 5 heteroatoms. The molecule has 0 rings (SSSR count). The molecule has 0 aromatic rings. The van der Waals surface area contributed by atoms with Gasteiger partial charge in [0, 0.05) is 25.9 Å². The summed E-state index contributed by atoms with van der Waals surface area (Å²) in [5.41, 5.74) is 0. The minimum Gasteiger partial charge on any atom is -0.449 e. The number of esters is 1. The van der Waals surface area contributed by atoms with Gasteiger partial charge in [0.1, 0.15) is 0 Å². The summed E-state index contributed by atoms with van der Waals surface area (Å²) in [6.07, 6.45) is 17.8. The van der Waals surface area contributed by atoms with Crippen LogP contribution in [0, 0.1) is 0 Å². The average Bonchev–Trinajstić information content (AvgIpc) is 2.50. The van der Waals surface area contributed by atoms with E-state index in [0.29, 0.717) is 0 Å². The maximum absolute atomic E-state index is 11.0. The summed E-state index contributed by atoms with van der Waals surface area (Å²) in [6.45, 7) is 2.26. The molecule has 0 fully saturated rings. The summed E-state index contributed by atoms with van der Waals surface area (Å²) in [4.78, 5) is 21.1. The molecule has 0 aromatic heterocycles. The van der Waals surface area contributed by atoms with Crippen molar-refractivity contribution in [3.05, 3.63) is 0 Å². The summed E-state index contributed by atoms with van der Waals surface area (Å²) in [5.74, 6) is -0.632. The molecule has 0 bridgehead atoms. The standard InChI is InChI=1S/C19H36O4.Zn/c1-2-3-4-5-6-7-8-9-10-11-12-13-14-15-16-17-18(20)23-19(21)22;/h2-17H2,1H3,(H,21,22);. The fourth-order valence-electron chi connectivity index (χ4n) is 2.79. The van der Waals surface area contributed by atoms with Crippen molar-refractivity contribution < 1.29 is 38.9 Å². The normalized spacial score (nSPS) is 10.2. The first-order valence-corrected chi connectivity index (χ1v) is 9.60. The molecule has 0 spiro atoms. The number of hydrogen-bond donors (Lipinski definition) is 1. The molecule has 1 N–H and O–H groups in total. The zero-order valence-electron chi connectivity index (χ0n) is 15.7.